The Hall–Kier alpha value is -3.38. The molecule has 0 aliphatic rings. The summed E-state index contributed by atoms with van der Waals surface area (Å²) in [5.41, 5.74) is 2.76. The van der Waals surface area contributed by atoms with Crippen molar-refractivity contribution < 1.29 is 14.3 Å². The maximum atomic E-state index is 12.5. The summed E-state index contributed by atoms with van der Waals surface area (Å²) in [7, 11) is 3.33. The number of hydrogen-bond acceptors (Lipinski definition) is 4. The Labute approximate surface area is 180 Å². The number of para-hydroxylation sites is 1. The van der Waals surface area contributed by atoms with Crippen molar-refractivity contribution in [1.82, 2.24) is 14.7 Å². The molecule has 0 fully saturated rings. The second-order valence-corrected chi connectivity index (χ2v) is 7.19. The van der Waals surface area contributed by atoms with Gasteiger partial charge in [0.25, 0.3) is 5.91 Å². The predicted molar refractivity (Wildman–Crippen MR) is 117 cm³/mol. The number of ether oxygens (including phenoxy) is 1. The minimum atomic E-state index is -0.172. The zero-order chi connectivity index (χ0) is 21.7. The smallest absolute Gasteiger partial charge is 0.259 e. The van der Waals surface area contributed by atoms with E-state index in [2.05, 4.69) is 5.10 Å². The van der Waals surface area contributed by atoms with Gasteiger partial charge in [0.15, 0.2) is 12.4 Å². The van der Waals surface area contributed by atoms with Crippen molar-refractivity contribution in [2.24, 2.45) is 0 Å². The Morgan fingerprint density at radius 1 is 1.10 bits per heavy atom. The van der Waals surface area contributed by atoms with Gasteiger partial charge in [0, 0.05) is 25.2 Å². The van der Waals surface area contributed by atoms with Gasteiger partial charge in [-0.05, 0) is 55.5 Å². The van der Waals surface area contributed by atoms with Crippen LogP contribution in [0.5, 0.6) is 5.75 Å². The molecule has 0 unspecified atom stereocenters. The molecule has 0 aliphatic carbocycles. The highest BCUT2D eigenvalue weighted by Crippen LogP contribution is 2.25. The molecule has 1 aromatic heterocycles. The number of benzene rings is 2. The molecule has 30 heavy (non-hydrogen) atoms. The lowest BCUT2D eigenvalue weighted by atomic mass is 10.1. The Morgan fingerprint density at radius 3 is 2.40 bits per heavy atom. The fourth-order valence-corrected chi connectivity index (χ4v) is 3.02. The average Bonchev–Trinajstić information content (AvgIpc) is 3.04. The van der Waals surface area contributed by atoms with E-state index in [1.807, 2.05) is 37.3 Å². The summed E-state index contributed by atoms with van der Waals surface area (Å²) in [6, 6.07) is 16.2. The molecule has 1 amide bonds. The van der Waals surface area contributed by atoms with Crippen molar-refractivity contribution in [2.45, 2.75) is 6.92 Å². The molecule has 3 rings (SSSR count). The molecule has 0 bridgehead atoms. The number of hydrogen-bond donors (Lipinski definition) is 0. The Balaban J connectivity index is 1.70. The molecule has 3 aromatic rings. The summed E-state index contributed by atoms with van der Waals surface area (Å²) >= 11 is 6.49. The van der Waals surface area contributed by atoms with Crippen molar-refractivity contribution in [2.75, 3.05) is 20.7 Å². The van der Waals surface area contributed by atoms with Crippen LogP contribution >= 0.6 is 11.6 Å². The van der Waals surface area contributed by atoms with Gasteiger partial charge in [-0.15, -0.1) is 0 Å². The fraction of sp³-hybridized carbons (Fsp3) is 0.174. The number of ketones is 1. The van der Waals surface area contributed by atoms with Gasteiger partial charge in [0.2, 0.25) is 0 Å². The summed E-state index contributed by atoms with van der Waals surface area (Å²) in [6.07, 6.45) is 3.14. The Kier molecular flexibility index (Phi) is 6.69. The van der Waals surface area contributed by atoms with Crippen molar-refractivity contribution in [3.05, 3.63) is 82.6 Å². The van der Waals surface area contributed by atoms with Crippen LogP contribution in [0.3, 0.4) is 0 Å². The number of aryl methyl sites for hydroxylation is 1. The lowest BCUT2D eigenvalue weighted by molar-refractivity contribution is -0.130. The van der Waals surface area contributed by atoms with Crippen molar-refractivity contribution in [3.63, 3.8) is 0 Å². The van der Waals surface area contributed by atoms with Crippen LogP contribution in [0.25, 0.3) is 11.8 Å². The number of aromatic nitrogens is 2. The molecule has 0 saturated heterocycles. The zero-order valence-corrected chi connectivity index (χ0v) is 17.8. The molecule has 7 heteroatoms. The predicted octanol–water partition coefficient (Wildman–Crippen LogP) is 4.20. The zero-order valence-electron chi connectivity index (χ0n) is 17.0. The van der Waals surface area contributed by atoms with Gasteiger partial charge in [-0.1, -0.05) is 29.8 Å². The number of allylic oxidation sites excluding steroid dienone is 1. The summed E-state index contributed by atoms with van der Waals surface area (Å²) in [6.45, 7) is 1.79. The van der Waals surface area contributed by atoms with E-state index in [9.17, 15) is 9.59 Å². The van der Waals surface area contributed by atoms with Crippen molar-refractivity contribution in [3.8, 4) is 11.4 Å². The minimum Gasteiger partial charge on any atom is -0.484 e. The molecule has 2 aromatic carbocycles. The van der Waals surface area contributed by atoms with E-state index in [1.165, 1.54) is 11.0 Å². The number of carbonyl (C=O) groups is 2. The first-order chi connectivity index (χ1) is 14.4. The quantitative estimate of drug-likeness (QED) is 0.422. The molecule has 6 nitrogen and oxygen atoms in total. The summed E-state index contributed by atoms with van der Waals surface area (Å²) < 4.78 is 7.06. The van der Waals surface area contributed by atoms with Crippen LogP contribution in [0.15, 0.2) is 60.7 Å². The van der Waals surface area contributed by atoms with Crippen LogP contribution in [-0.2, 0) is 4.79 Å². The first kappa shape index (κ1) is 21.3. The fourth-order valence-electron chi connectivity index (χ4n) is 2.69. The lowest BCUT2D eigenvalue weighted by Crippen LogP contribution is -2.27. The summed E-state index contributed by atoms with van der Waals surface area (Å²) in [4.78, 5) is 25.6. The van der Waals surface area contributed by atoms with Gasteiger partial charge in [-0.25, -0.2) is 4.68 Å². The van der Waals surface area contributed by atoms with E-state index in [-0.39, 0.29) is 18.3 Å². The third kappa shape index (κ3) is 4.96. The molecule has 0 N–H and O–H groups in total. The first-order valence-corrected chi connectivity index (χ1v) is 9.70. The molecule has 0 spiro atoms. The molecular formula is C23H22ClN3O3. The largest absolute Gasteiger partial charge is 0.484 e. The topological polar surface area (TPSA) is 64.4 Å². The SMILES string of the molecule is Cc1nn(-c2ccccc2)c(Cl)c1/C=C/C(=O)c1ccc(OCC(=O)N(C)C)cc1. The lowest BCUT2D eigenvalue weighted by Gasteiger charge is -2.11. The van der Waals surface area contributed by atoms with Gasteiger partial charge in [-0.2, -0.15) is 5.10 Å². The van der Waals surface area contributed by atoms with Crippen LogP contribution in [0.1, 0.15) is 21.6 Å². The normalized spacial score (nSPS) is 10.9. The highest BCUT2D eigenvalue weighted by atomic mass is 35.5. The van der Waals surface area contributed by atoms with E-state index in [0.717, 1.165) is 11.4 Å². The second kappa shape index (κ2) is 9.41. The van der Waals surface area contributed by atoms with Gasteiger partial charge < -0.3 is 9.64 Å². The Morgan fingerprint density at radius 2 is 1.77 bits per heavy atom. The number of halogens is 1. The van der Waals surface area contributed by atoms with Crippen LogP contribution in [0.2, 0.25) is 5.15 Å². The van der Waals surface area contributed by atoms with Crippen molar-refractivity contribution in [1.29, 1.82) is 0 Å². The molecule has 0 aliphatic heterocycles. The van der Waals surface area contributed by atoms with E-state index in [4.69, 9.17) is 16.3 Å². The molecular weight excluding hydrogens is 402 g/mol. The number of amides is 1. The molecule has 0 radical (unpaired) electrons. The standard InChI is InChI=1S/C23H22ClN3O3/c1-16-20(23(24)27(25-16)18-7-5-4-6-8-18)13-14-21(28)17-9-11-19(12-10-17)30-15-22(29)26(2)3/h4-14H,15H2,1-3H3/b14-13+. The van der Waals surface area contributed by atoms with Crippen LogP contribution < -0.4 is 4.74 Å². The van der Waals surface area contributed by atoms with Crippen LogP contribution in [0.4, 0.5) is 0 Å². The van der Waals surface area contributed by atoms with E-state index in [1.54, 1.807) is 49.1 Å². The first-order valence-electron chi connectivity index (χ1n) is 9.33. The molecule has 0 saturated carbocycles. The van der Waals surface area contributed by atoms with E-state index >= 15 is 0 Å². The van der Waals surface area contributed by atoms with Gasteiger partial charge >= 0.3 is 0 Å². The highest BCUT2D eigenvalue weighted by Gasteiger charge is 2.13. The number of likely N-dealkylation sites (N-methyl/N-ethyl adjacent to an activating group) is 1. The minimum absolute atomic E-state index is 0.0522. The third-order valence-corrected chi connectivity index (χ3v) is 4.81. The van der Waals surface area contributed by atoms with Gasteiger partial charge in [0.1, 0.15) is 10.9 Å². The monoisotopic (exact) mass is 423 g/mol. The molecule has 154 valence electrons. The maximum Gasteiger partial charge on any atom is 0.259 e. The Bertz CT molecular complexity index is 1070. The molecule has 1 heterocycles. The average molecular weight is 424 g/mol. The maximum absolute atomic E-state index is 12.5. The van der Waals surface area contributed by atoms with Crippen LogP contribution in [0, 0.1) is 6.92 Å². The third-order valence-electron chi connectivity index (χ3n) is 4.45. The second-order valence-electron chi connectivity index (χ2n) is 6.84. The van der Waals surface area contributed by atoms with Crippen molar-refractivity contribution >= 4 is 29.4 Å². The highest BCUT2D eigenvalue weighted by molar-refractivity contribution is 6.31. The van der Waals surface area contributed by atoms with Crippen LogP contribution in [-0.4, -0.2) is 47.1 Å². The number of nitrogens with zero attached hydrogens (tertiary/aromatic N) is 3. The van der Waals surface area contributed by atoms with E-state index in [0.29, 0.717) is 22.0 Å². The van der Waals surface area contributed by atoms with Gasteiger partial charge in [0.05, 0.1) is 11.4 Å². The molecule has 0 atom stereocenters. The van der Waals surface area contributed by atoms with Gasteiger partial charge in [-0.3, -0.25) is 9.59 Å². The number of carbonyl (C=O) groups excluding carboxylic acids is 2. The number of rotatable bonds is 7. The van der Waals surface area contributed by atoms with E-state index < -0.39 is 0 Å². The summed E-state index contributed by atoms with van der Waals surface area (Å²) in [5.74, 6) is 0.212. The summed E-state index contributed by atoms with van der Waals surface area (Å²) in [5, 5.41) is 4.91.